The minimum absolute atomic E-state index is 0.718. The van der Waals surface area contributed by atoms with E-state index < -0.39 is 9.73 Å². The Labute approximate surface area is 97.3 Å². The molecule has 0 amide bonds. The van der Waals surface area contributed by atoms with Crippen molar-refractivity contribution in [2.24, 2.45) is 4.36 Å². The van der Waals surface area contributed by atoms with Crippen LogP contribution in [-0.4, -0.2) is 15.7 Å². The lowest BCUT2D eigenvalue weighted by Gasteiger charge is -1.95. The van der Waals surface area contributed by atoms with Gasteiger partial charge in [-0.25, -0.2) is 4.21 Å². The molecule has 0 aromatic heterocycles. The molecular formula is C13H15NOS. The Hall–Kier alpha value is -1.27. The molecule has 1 aliphatic rings. The van der Waals surface area contributed by atoms with Crippen LogP contribution < -0.4 is 0 Å². The summed E-state index contributed by atoms with van der Waals surface area (Å²) in [5, 5.41) is 0. The lowest BCUT2D eigenvalue weighted by molar-refractivity contribution is 0.681. The number of rotatable bonds is 0. The van der Waals surface area contributed by atoms with Gasteiger partial charge in [0.15, 0.2) is 0 Å². The van der Waals surface area contributed by atoms with E-state index >= 15 is 0 Å². The molecule has 84 valence electrons. The Morgan fingerprint density at radius 1 is 1.25 bits per heavy atom. The molecule has 1 aromatic carbocycles. The van der Waals surface area contributed by atoms with E-state index in [2.05, 4.69) is 16.3 Å². The Morgan fingerprint density at radius 2 is 1.94 bits per heavy atom. The lowest BCUT2D eigenvalue weighted by atomic mass is 10.1. The monoisotopic (exact) mass is 233 g/mol. The van der Waals surface area contributed by atoms with E-state index in [-0.39, 0.29) is 0 Å². The van der Waals surface area contributed by atoms with Crippen molar-refractivity contribution in [1.29, 1.82) is 0 Å². The van der Waals surface area contributed by atoms with Crippen molar-refractivity contribution in [3.63, 3.8) is 0 Å². The minimum atomic E-state index is -1.99. The van der Waals surface area contributed by atoms with Crippen LogP contribution in [-0.2, 0) is 9.73 Å². The van der Waals surface area contributed by atoms with Gasteiger partial charge in [-0.1, -0.05) is 18.2 Å². The highest BCUT2D eigenvalue weighted by molar-refractivity contribution is 7.93. The molecule has 0 N–H and O–H groups in total. The molecular weight excluding hydrogens is 218 g/mol. The molecule has 0 atom stereocenters. The summed E-state index contributed by atoms with van der Waals surface area (Å²) in [6, 6.07) is 10.6. The first-order valence-corrected chi connectivity index (χ1v) is 7.33. The van der Waals surface area contributed by atoms with Gasteiger partial charge < -0.3 is 0 Å². The predicted molar refractivity (Wildman–Crippen MR) is 67.6 cm³/mol. The summed E-state index contributed by atoms with van der Waals surface area (Å²) >= 11 is 0. The Morgan fingerprint density at radius 3 is 2.62 bits per heavy atom. The van der Waals surface area contributed by atoms with E-state index in [9.17, 15) is 4.21 Å². The molecule has 1 fully saturated rings. The third-order valence-electron chi connectivity index (χ3n) is 2.72. The zero-order chi connectivity index (χ0) is 11.4. The topological polar surface area (TPSA) is 29.4 Å². The molecule has 0 bridgehead atoms. The van der Waals surface area contributed by atoms with Gasteiger partial charge in [0.1, 0.15) is 0 Å². The van der Waals surface area contributed by atoms with Gasteiger partial charge in [-0.3, -0.25) is 0 Å². The largest absolute Gasteiger partial charge is 0.249 e. The highest BCUT2D eigenvalue weighted by Gasteiger charge is 2.15. The number of hydrogen-bond donors (Lipinski definition) is 0. The Kier molecular flexibility index (Phi) is 3.31. The Balaban J connectivity index is 2.24. The van der Waals surface area contributed by atoms with Crippen molar-refractivity contribution in [2.45, 2.75) is 19.8 Å². The van der Waals surface area contributed by atoms with Gasteiger partial charge in [0.2, 0.25) is 0 Å². The molecule has 16 heavy (non-hydrogen) atoms. The van der Waals surface area contributed by atoms with Crippen LogP contribution in [0.5, 0.6) is 0 Å². The second-order valence-corrected chi connectivity index (χ2v) is 6.58. The number of benzene rings is 1. The van der Waals surface area contributed by atoms with E-state index in [1.807, 2.05) is 31.2 Å². The van der Waals surface area contributed by atoms with Crippen LogP contribution >= 0.6 is 0 Å². The van der Waals surface area contributed by atoms with E-state index in [0.29, 0.717) is 0 Å². The highest BCUT2D eigenvalue weighted by atomic mass is 32.2. The SMILES string of the molecule is Cc1ccccc1C#CN=S1(=O)CCCC1. The van der Waals surface area contributed by atoms with E-state index in [0.717, 1.165) is 35.5 Å². The van der Waals surface area contributed by atoms with Crippen LogP contribution in [0, 0.1) is 18.9 Å². The van der Waals surface area contributed by atoms with Gasteiger partial charge in [0.05, 0.1) is 9.73 Å². The molecule has 1 saturated heterocycles. The number of hydrogen-bond acceptors (Lipinski definition) is 2. The standard InChI is InChI=1S/C13H15NOS/c1-12-6-2-3-7-13(12)8-9-14-16(15)10-4-5-11-16/h2-3,6-7H,4-5,10-11H2,1H3. The fourth-order valence-electron chi connectivity index (χ4n) is 1.73. The summed E-state index contributed by atoms with van der Waals surface area (Å²) in [6.45, 7) is 2.01. The lowest BCUT2D eigenvalue weighted by Crippen LogP contribution is -1.99. The maximum Gasteiger partial charge on any atom is 0.0604 e. The maximum absolute atomic E-state index is 12.0. The zero-order valence-electron chi connectivity index (χ0n) is 9.40. The van der Waals surface area contributed by atoms with Crippen molar-refractivity contribution in [3.8, 4) is 12.0 Å². The predicted octanol–water partition coefficient (Wildman–Crippen LogP) is 2.57. The van der Waals surface area contributed by atoms with E-state index in [4.69, 9.17) is 0 Å². The normalized spacial score (nSPS) is 17.6. The van der Waals surface area contributed by atoms with Crippen molar-refractivity contribution in [1.82, 2.24) is 0 Å². The average molecular weight is 233 g/mol. The molecule has 1 heterocycles. The zero-order valence-corrected chi connectivity index (χ0v) is 10.2. The van der Waals surface area contributed by atoms with Gasteiger partial charge in [-0.15, -0.1) is 4.36 Å². The van der Waals surface area contributed by atoms with Crippen LogP contribution in [0.1, 0.15) is 24.0 Å². The summed E-state index contributed by atoms with van der Waals surface area (Å²) in [6.07, 6.45) is 2.04. The minimum Gasteiger partial charge on any atom is -0.249 e. The van der Waals surface area contributed by atoms with Crippen LogP contribution in [0.2, 0.25) is 0 Å². The van der Waals surface area contributed by atoms with Gasteiger partial charge in [-0.05, 0) is 37.3 Å². The Bertz CT molecular complexity index is 545. The first kappa shape index (κ1) is 11.2. The first-order valence-electron chi connectivity index (χ1n) is 5.48. The third kappa shape index (κ3) is 2.65. The second kappa shape index (κ2) is 4.71. The molecule has 2 nitrogen and oxygen atoms in total. The average Bonchev–Trinajstić information content (AvgIpc) is 2.68. The van der Waals surface area contributed by atoms with E-state index in [1.54, 1.807) is 0 Å². The van der Waals surface area contributed by atoms with E-state index in [1.165, 1.54) is 0 Å². The van der Waals surface area contributed by atoms with Crippen LogP contribution in [0.15, 0.2) is 28.6 Å². The summed E-state index contributed by atoms with van der Waals surface area (Å²) in [5.41, 5.74) is 2.10. The number of aryl methyl sites for hydroxylation is 1. The molecule has 2 rings (SSSR count). The van der Waals surface area contributed by atoms with Gasteiger partial charge in [0.25, 0.3) is 0 Å². The molecule has 1 aliphatic heterocycles. The second-order valence-electron chi connectivity index (χ2n) is 4.03. The summed E-state index contributed by atoms with van der Waals surface area (Å²) in [7, 11) is -1.99. The highest BCUT2D eigenvalue weighted by Crippen LogP contribution is 2.12. The quantitative estimate of drug-likeness (QED) is 0.633. The van der Waals surface area contributed by atoms with Gasteiger partial charge in [0, 0.05) is 23.1 Å². The van der Waals surface area contributed by atoms with Crippen molar-refractivity contribution >= 4 is 9.73 Å². The molecule has 0 saturated carbocycles. The fraction of sp³-hybridized carbons (Fsp3) is 0.385. The number of nitrogens with zero attached hydrogens (tertiary/aromatic N) is 1. The molecule has 0 aliphatic carbocycles. The molecule has 0 unspecified atom stereocenters. The van der Waals surface area contributed by atoms with Crippen molar-refractivity contribution in [2.75, 3.05) is 11.5 Å². The third-order valence-corrected chi connectivity index (χ3v) is 5.00. The fourth-order valence-corrected chi connectivity index (χ4v) is 3.64. The van der Waals surface area contributed by atoms with Crippen LogP contribution in [0.25, 0.3) is 0 Å². The smallest absolute Gasteiger partial charge is 0.0604 e. The van der Waals surface area contributed by atoms with Gasteiger partial charge >= 0.3 is 0 Å². The van der Waals surface area contributed by atoms with Gasteiger partial charge in [-0.2, -0.15) is 0 Å². The maximum atomic E-state index is 12.0. The van der Waals surface area contributed by atoms with Crippen LogP contribution in [0.4, 0.5) is 0 Å². The molecule has 3 heteroatoms. The first-order chi connectivity index (χ1) is 7.70. The van der Waals surface area contributed by atoms with Crippen molar-refractivity contribution in [3.05, 3.63) is 35.4 Å². The molecule has 0 radical (unpaired) electrons. The summed E-state index contributed by atoms with van der Waals surface area (Å²) in [4.78, 5) is 0. The van der Waals surface area contributed by atoms with Crippen molar-refractivity contribution < 1.29 is 4.21 Å². The van der Waals surface area contributed by atoms with Crippen LogP contribution in [0.3, 0.4) is 0 Å². The molecule has 1 aromatic rings. The summed E-state index contributed by atoms with van der Waals surface area (Å²) in [5.74, 6) is 4.40. The molecule has 0 spiro atoms. The summed E-state index contributed by atoms with van der Waals surface area (Å²) < 4.78 is 16.0.